The van der Waals surface area contributed by atoms with E-state index in [-0.39, 0.29) is 30.6 Å². The molecule has 0 saturated carbocycles. The highest BCUT2D eigenvalue weighted by molar-refractivity contribution is 5.87. The number of hydrogen-bond acceptors (Lipinski definition) is 6. The number of carbonyl (C=O) groups is 2. The topological polar surface area (TPSA) is 76.1 Å². The molecule has 2 saturated heterocycles. The van der Waals surface area contributed by atoms with E-state index < -0.39 is 11.7 Å². The smallest absolute Gasteiger partial charge is 0.372 e. The van der Waals surface area contributed by atoms with E-state index >= 15 is 0 Å². The fraction of sp³-hybridized carbons (Fsp3) is 0.625. The van der Waals surface area contributed by atoms with Crippen LogP contribution >= 0.6 is 0 Å². The summed E-state index contributed by atoms with van der Waals surface area (Å²) >= 11 is 0. The first-order chi connectivity index (χ1) is 10.4. The molecule has 0 radical (unpaired) electrons. The third-order valence-electron chi connectivity index (χ3n) is 4.45. The van der Waals surface area contributed by atoms with Crippen LogP contribution in [0.3, 0.4) is 0 Å². The molecule has 0 aromatic heterocycles. The Morgan fingerprint density at radius 2 is 2.00 bits per heavy atom. The number of esters is 2. The Bertz CT molecular complexity index is 499. The van der Waals surface area contributed by atoms with Crippen molar-refractivity contribution in [2.45, 2.75) is 38.8 Å². The molecule has 0 aromatic rings. The maximum atomic E-state index is 11.9. The number of carbonyl (C=O) groups excluding carboxylic acids is 2. The van der Waals surface area contributed by atoms with Gasteiger partial charge in [-0.3, -0.25) is 4.90 Å². The molecule has 1 N–H and O–H groups in total. The lowest BCUT2D eigenvalue weighted by Crippen LogP contribution is -2.38. The van der Waals surface area contributed by atoms with E-state index in [2.05, 4.69) is 11.5 Å². The maximum Gasteiger partial charge on any atom is 0.372 e. The van der Waals surface area contributed by atoms with Gasteiger partial charge in [-0.05, 0) is 39.8 Å². The lowest BCUT2D eigenvalue weighted by atomic mass is 9.97. The summed E-state index contributed by atoms with van der Waals surface area (Å²) in [6.07, 6.45) is 3.23. The third kappa shape index (κ3) is 3.50. The van der Waals surface area contributed by atoms with E-state index in [4.69, 9.17) is 14.6 Å². The van der Waals surface area contributed by atoms with Gasteiger partial charge in [0.05, 0.1) is 12.6 Å². The zero-order chi connectivity index (χ0) is 16.3. The van der Waals surface area contributed by atoms with E-state index in [9.17, 15) is 9.59 Å². The summed E-state index contributed by atoms with van der Waals surface area (Å²) in [5, 5.41) is 8.99. The first kappa shape index (κ1) is 16.5. The molecule has 2 heterocycles. The van der Waals surface area contributed by atoms with Crippen LogP contribution < -0.4 is 0 Å². The number of hydrogen-bond donors (Lipinski definition) is 1. The Hall–Kier alpha value is -1.82. The third-order valence-corrected chi connectivity index (χ3v) is 4.45. The summed E-state index contributed by atoms with van der Waals surface area (Å²) in [5.41, 5.74) is 0.594. The van der Waals surface area contributed by atoms with Crippen LogP contribution in [0.25, 0.3) is 0 Å². The molecule has 2 aliphatic rings. The number of aliphatic hydroxyl groups is 1. The van der Waals surface area contributed by atoms with Crippen LogP contribution in [0.4, 0.5) is 0 Å². The number of ether oxygens (including phenoxy) is 2. The SMILES string of the molecule is C=C(O)C(=O)OC[C@H]1CCN2CC[C@@H](OC(=O)/C(C)=C\C)C12. The van der Waals surface area contributed by atoms with Crippen LogP contribution in [0.5, 0.6) is 0 Å². The summed E-state index contributed by atoms with van der Waals surface area (Å²) in [7, 11) is 0. The number of aliphatic hydroxyl groups excluding tert-OH is 1. The number of fused-ring (bicyclic) bond motifs is 1. The Morgan fingerprint density at radius 1 is 1.32 bits per heavy atom. The van der Waals surface area contributed by atoms with Gasteiger partial charge in [0.1, 0.15) is 6.10 Å². The molecule has 6 nitrogen and oxygen atoms in total. The first-order valence-electron chi connectivity index (χ1n) is 7.57. The van der Waals surface area contributed by atoms with Gasteiger partial charge in [0.15, 0.2) is 5.76 Å². The molecule has 0 aliphatic carbocycles. The van der Waals surface area contributed by atoms with Crippen molar-refractivity contribution in [2.75, 3.05) is 19.7 Å². The largest absolute Gasteiger partial charge is 0.502 e. The van der Waals surface area contributed by atoms with Crippen molar-refractivity contribution in [2.24, 2.45) is 5.92 Å². The van der Waals surface area contributed by atoms with Crippen molar-refractivity contribution in [1.82, 2.24) is 4.90 Å². The highest BCUT2D eigenvalue weighted by atomic mass is 16.6. The van der Waals surface area contributed by atoms with Gasteiger partial charge in [-0.2, -0.15) is 0 Å². The second-order valence-corrected chi connectivity index (χ2v) is 5.82. The maximum absolute atomic E-state index is 11.9. The molecule has 122 valence electrons. The molecule has 0 spiro atoms. The molecular formula is C16H23NO5. The van der Waals surface area contributed by atoms with Crippen LogP contribution in [0.15, 0.2) is 24.0 Å². The highest BCUT2D eigenvalue weighted by Crippen LogP contribution is 2.35. The Balaban J connectivity index is 1.95. The predicted octanol–water partition coefficient (Wildman–Crippen LogP) is 1.57. The second kappa shape index (κ2) is 6.96. The first-order valence-corrected chi connectivity index (χ1v) is 7.57. The van der Waals surface area contributed by atoms with Crippen LogP contribution in [-0.4, -0.2) is 53.8 Å². The molecule has 22 heavy (non-hydrogen) atoms. The number of allylic oxidation sites excluding steroid dienone is 1. The Morgan fingerprint density at radius 3 is 2.64 bits per heavy atom. The summed E-state index contributed by atoms with van der Waals surface area (Å²) < 4.78 is 10.7. The van der Waals surface area contributed by atoms with Crippen molar-refractivity contribution in [3.05, 3.63) is 24.0 Å². The van der Waals surface area contributed by atoms with E-state index in [1.165, 1.54) is 0 Å². The molecule has 0 amide bonds. The normalized spacial score (nSPS) is 28.3. The minimum Gasteiger partial charge on any atom is -0.502 e. The van der Waals surface area contributed by atoms with Crippen LogP contribution in [0, 0.1) is 5.92 Å². The molecule has 6 heteroatoms. The minimum atomic E-state index is -0.797. The Kier molecular flexibility index (Phi) is 5.24. The molecule has 1 unspecified atom stereocenters. The molecule has 3 atom stereocenters. The van der Waals surface area contributed by atoms with E-state index in [0.29, 0.717) is 5.57 Å². The molecule has 2 fully saturated rings. The lowest BCUT2D eigenvalue weighted by molar-refractivity contribution is -0.148. The average Bonchev–Trinajstić information content (AvgIpc) is 3.07. The van der Waals surface area contributed by atoms with Gasteiger partial charge in [-0.25, -0.2) is 9.59 Å². The summed E-state index contributed by atoms with van der Waals surface area (Å²) in [6, 6.07) is 0.0772. The fourth-order valence-electron chi connectivity index (χ4n) is 3.14. The monoisotopic (exact) mass is 309 g/mol. The standard InChI is InChI=1S/C16H23NO5/c1-4-10(2)15(19)22-13-6-8-17-7-5-12(14(13)17)9-21-16(20)11(3)18/h4,12-14,18H,3,5-9H2,1-2H3/b10-4-/t12-,13-,14?/m1/s1. The summed E-state index contributed by atoms with van der Waals surface area (Å²) in [4.78, 5) is 25.5. The average molecular weight is 309 g/mol. The van der Waals surface area contributed by atoms with Crippen LogP contribution in [0.1, 0.15) is 26.7 Å². The molecular weight excluding hydrogens is 286 g/mol. The Labute approximate surface area is 130 Å². The minimum absolute atomic E-state index is 0.0772. The quantitative estimate of drug-likeness (QED) is 0.472. The number of nitrogens with zero attached hydrogens (tertiary/aromatic N) is 1. The van der Waals surface area contributed by atoms with Crippen molar-refractivity contribution in [3.8, 4) is 0 Å². The predicted molar refractivity (Wildman–Crippen MR) is 80.1 cm³/mol. The summed E-state index contributed by atoms with van der Waals surface area (Å²) in [6.45, 7) is 8.67. The number of rotatable bonds is 5. The van der Waals surface area contributed by atoms with Gasteiger partial charge in [-0.15, -0.1) is 0 Å². The summed E-state index contributed by atoms with van der Waals surface area (Å²) in [5.74, 6) is -1.57. The van der Waals surface area contributed by atoms with Crippen molar-refractivity contribution in [1.29, 1.82) is 0 Å². The van der Waals surface area contributed by atoms with Gasteiger partial charge in [0.25, 0.3) is 0 Å². The van der Waals surface area contributed by atoms with Gasteiger partial charge in [-0.1, -0.05) is 6.08 Å². The lowest BCUT2D eigenvalue weighted by Gasteiger charge is -2.26. The molecule has 0 bridgehead atoms. The van der Waals surface area contributed by atoms with Gasteiger partial charge >= 0.3 is 11.9 Å². The highest BCUT2D eigenvalue weighted by Gasteiger charge is 2.46. The van der Waals surface area contributed by atoms with E-state index in [1.54, 1.807) is 19.9 Å². The zero-order valence-electron chi connectivity index (χ0n) is 13.1. The van der Waals surface area contributed by atoms with Crippen LogP contribution in [0.2, 0.25) is 0 Å². The van der Waals surface area contributed by atoms with Gasteiger partial charge in [0.2, 0.25) is 0 Å². The van der Waals surface area contributed by atoms with Crippen LogP contribution in [-0.2, 0) is 19.1 Å². The van der Waals surface area contributed by atoms with Crippen molar-refractivity contribution >= 4 is 11.9 Å². The van der Waals surface area contributed by atoms with E-state index in [0.717, 1.165) is 25.9 Å². The van der Waals surface area contributed by atoms with Crippen molar-refractivity contribution in [3.63, 3.8) is 0 Å². The molecule has 2 rings (SSSR count). The van der Waals surface area contributed by atoms with Gasteiger partial charge < -0.3 is 14.6 Å². The second-order valence-electron chi connectivity index (χ2n) is 5.82. The zero-order valence-corrected chi connectivity index (χ0v) is 13.1. The molecule has 2 aliphatic heterocycles. The van der Waals surface area contributed by atoms with Crippen molar-refractivity contribution < 1.29 is 24.2 Å². The van der Waals surface area contributed by atoms with Gasteiger partial charge in [0, 0.05) is 18.0 Å². The van der Waals surface area contributed by atoms with E-state index in [1.807, 2.05) is 0 Å². The fourth-order valence-corrected chi connectivity index (χ4v) is 3.14. The molecule has 0 aromatic carbocycles.